The Hall–Kier alpha value is -1.75. The van der Waals surface area contributed by atoms with Gasteiger partial charge >= 0.3 is 0 Å². The largest absolute Gasteiger partial charge is 0.409 e. The predicted octanol–water partition coefficient (Wildman–Crippen LogP) is 0.907. The number of likely N-dealkylation sites (N-methyl/N-ethyl adjacent to an activating group) is 1. The molecular weight excluding hydrogens is 218 g/mol. The quantitative estimate of drug-likeness (QED) is 0.314. The summed E-state index contributed by atoms with van der Waals surface area (Å²) in [4.78, 5) is 1.90. The highest BCUT2D eigenvalue weighted by atomic mass is 16.4. The van der Waals surface area contributed by atoms with Crippen LogP contribution in [-0.2, 0) is 0 Å². The second-order valence-electron chi connectivity index (χ2n) is 4.15. The van der Waals surface area contributed by atoms with Gasteiger partial charge in [0.1, 0.15) is 0 Å². The molecule has 0 radical (unpaired) electrons. The highest BCUT2D eigenvalue weighted by Gasteiger charge is 2.15. The van der Waals surface area contributed by atoms with E-state index in [9.17, 15) is 0 Å². The lowest BCUT2D eigenvalue weighted by atomic mass is 10.1. The lowest BCUT2D eigenvalue weighted by Crippen LogP contribution is -2.33. The number of benzene rings is 1. The fourth-order valence-electron chi connectivity index (χ4n) is 1.58. The van der Waals surface area contributed by atoms with Crippen molar-refractivity contribution in [1.82, 2.24) is 0 Å². The van der Waals surface area contributed by atoms with Crippen molar-refractivity contribution in [3.63, 3.8) is 0 Å². The minimum atomic E-state index is -0.0389. The minimum absolute atomic E-state index is 0.0389. The summed E-state index contributed by atoms with van der Waals surface area (Å²) < 4.78 is 0. The van der Waals surface area contributed by atoms with Crippen molar-refractivity contribution in [2.45, 2.75) is 19.9 Å². The van der Waals surface area contributed by atoms with Gasteiger partial charge < -0.3 is 20.9 Å². The smallest absolute Gasteiger partial charge is 0.172 e. The van der Waals surface area contributed by atoms with Crippen LogP contribution in [0.3, 0.4) is 0 Å². The number of oxime groups is 1. The van der Waals surface area contributed by atoms with Crippen LogP contribution in [0.1, 0.15) is 18.1 Å². The Balaban J connectivity index is 3.23. The zero-order valence-corrected chi connectivity index (χ0v) is 10.4. The number of aliphatic hydroxyl groups excluding tert-OH is 1. The van der Waals surface area contributed by atoms with Crippen molar-refractivity contribution in [3.05, 3.63) is 29.3 Å². The first-order valence-electron chi connectivity index (χ1n) is 5.43. The summed E-state index contributed by atoms with van der Waals surface area (Å²) in [5, 5.41) is 21.0. The summed E-state index contributed by atoms with van der Waals surface area (Å²) in [6.45, 7) is 3.88. The van der Waals surface area contributed by atoms with Crippen LogP contribution in [0.5, 0.6) is 0 Å². The SMILES string of the molecule is Cc1ccc(N(C)C(C)CO)c(/C(N)=N/O)c1. The first-order chi connectivity index (χ1) is 8.01. The number of hydrogen-bond donors (Lipinski definition) is 3. The van der Waals surface area contributed by atoms with E-state index in [2.05, 4.69) is 5.16 Å². The molecule has 1 rings (SSSR count). The van der Waals surface area contributed by atoms with E-state index in [0.29, 0.717) is 5.56 Å². The molecular formula is C12H19N3O2. The van der Waals surface area contributed by atoms with Gasteiger partial charge in [-0.05, 0) is 26.0 Å². The van der Waals surface area contributed by atoms with Crippen molar-refractivity contribution >= 4 is 11.5 Å². The Morgan fingerprint density at radius 2 is 2.18 bits per heavy atom. The zero-order valence-electron chi connectivity index (χ0n) is 10.4. The lowest BCUT2D eigenvalue weighted by molar-refractivity contribution is 0.270. The molecule has 0 aromatic heterocycles. The average molecular weight is 237 g/mol. The number of hydrogen-bond acceptors (Lipinski definition) is 4. The van der Waals surface area contributed by atoms with Gasteiger partial charge in [0.2, 0.25) is 0 Å². The lowest BCUT2D eigenvalue weighted by Gasteiger charge is -2.27. The second kappa shape index (κ2) is 5.54. The Kier molecular flexibility index (Phi) is 4.34. The van der Waals surface area contributed by atoms with Crippen LogP contribution in [0, 0.1) is 6.92 Å². The third-order valence-electron chi connectivity index (χ3n) is 2.84. The van der Waals surface area contributed by atoms with Crippen molar-refractivity contribution in [2.24, 2.45) is 10.9 Å². The summed E-state index contributed by atoms with van der Waals surface area (Å²) >= 11 is 0. The molecule has 1 aromatic rings. The van der Waals surface area contributed by atoms with E-state index in [1.165, 1.54) is 0 Å². The molecule has 0 aliphatic heterocycles. The highest BCUT2D eigenvalue weighted by Crippen LogP contribution is 2.22. The molecule has 0 bridgehead atoms. The molecule has 0 saturated heterocycles. The van der Waals surface area contributed by atoms with Gasteiger partial charge in [0, 0.05) is 24.3 Å². The van der Waals surface area contributed by atoms with Crippen LogP contribution in [0.15, 0.2) is 23.4 Å². The molecule has 0 spiro atoms. The molecule has 1 aromatic carbocycles. The molecule has 0 aliphatic rings. The third-order valence-corrected chi connectivity index (χ3v) is 2.84. The van der Waals surface area contributed by atoms with Crippen LogP contribution in [-0.4, -0.2) is 35.8 Å². The molecule has 17 heavy (non-hydrogen) atoms. The van der Waals surface area contributed by atoms with E-state index in [4.69, 9.17) is 16.0 Å². The normalized spacial score (nSPS) is 13.5. The average Bonchev–Trinajstić information content (AvgIpc) is 2.35. The van der Waals surface area contributed by atoms with Gasteiger partial charge in [-0.15, -0.1) is 0 Å². The minimum Gasteiger partial charge on any atom is -0.409 e. The van der Waals surface area contributed by atoms with E-state index < -0.39 is 0 Å². The number of aliphatic hydroxyl groups is 1. The molecule has 4 N–H and O–H groups in total. The molecule has 0 fully saturated rings. The molecule has 0 saturated carbocycles. The van der Waals surface area contributed by atoms with Crippen LogP contribution in [0.4, 0.5) is 5.69 Å². The van der Waals surface area contributed by atoms with Gasteiger partial charge in [0.25, 0.3) is 0 Å². The first-order valence-corrected chi connectivity index (χ1v) is 5.43. The monoisotopic (exact) mass is 237 g/mol. The van der Waals surface area contributed by atoms with Crippen LogP contribution >= 0.6 is 0 Å². The van der Waals surface area contributed by atoms with Crippen molar-refractivity contribution in [3.8, 4) is 0 Å². The van der Waals surface area contributed by atoms with Gasteiger partial charge in [0.05, 0.1) is 6.61 Å². The van der Waals surface area contributed by atoms with Gasteiger partial charge in [0.15, 0.2) is 5.84 Å². The summed E-state index contributed by atoms with van der Waals surface area (Å²) in [5.41, 5.74) is 8.17. The Bertz CT molecular complexity index is 418. The van der Waals surface area contributed by atoms with Gasteiger partial charge in [-0.2, -0.15) is 0 Å². The summed E-state index contributed by atoms with van der Waals surface area (Å²) in [5.74, 6) is 0.0701. The van der Waals surface area contributed by atoms with E-state index >= 15 is 0 Å². The molecule has 5 heteroatoms. The molecule has 1 atom stereocenters. The number of nitrogens with zero attached hydrogens (tertiary/aromatic N) is 2. The fraction of sp³-hybridized carbons (Fsp3) is 0.417. The predicted molar refractivity (Wildman–Crippen MR) is 68.6 cm³/mol. The molecule has 1 unspecified atom stereocenters. The summed E-state index contributed by atoms with van der Waals surface area (Å²) in [7, 11) is 1.86. The standard InChI is InChI=1S/C12H19N3O2/c1-8-4-5-11(15(3)9(2)7-16)10(6-8)12(13)14-17/h4-6,9,16-17H,7H2,1-3H3,(H2,13,14). The van der Waals surface area contributed by atoms with Crippen molar-refractivity contribution in [1.29, 1.82) is 0 Å². The highest BCUT2D eigenvalue weighted by molar-refractivity contribution is 6.02. The van der Waals surface area contributed by atoms with Crippen molar-refractivity contribution in [2.75, 3.05) is 18.6 Å². The Morgan fingerprint density at radius 1 is 1.53 bits per heavy atom. The molecule has 0 aliphatic carbocycles. The van der Waals surface area contributed by atoms with Gasteiger partial charge in [-0.3, -0.25) is 0 Å². The molecule has 0 heterocycles. The summed E-state index contributed by atoms with van der Waals surface area (Å²) in [6.07, 6.45) is 0. The van der Waals surface area contributed by atoms with E-state index in [-0.39, 0.29) is 18.5 Å². The maximum Gasteiger partial charge on any atom is 0.172 e. The molecule has 94 valence electrons. The zero-order chi connectivity index (χ0) is 13.0. The fourth-order valence-corrected chi connectivity index (χ4v) is 1.58. The van der Waals surface area contributed by atoms with Crippen LogP contribution in [0.25, 0.3) is 0 Å². The maximum absolute atomic E-state index is 9.16. The van der Waals surface area contributed by atoms with Crippen molar-refractivity contribution < 1.29 is 10.3 Å². The maximum atomic E-state index is 9.16. The number of anilines is 1. The topological polar surface area (TPSA) is 82.1 Å². The number of aryl methyl sites for hydroxylation is 1. The van der Waals surface area contributed by atoms with Gasteiger partial charge in [-0.1, -0.05) is 16.8 Å². The van der Waals surface area contributed by atoms with Gasteiger partial charge in [-0.25, -0.2) is 0 Å². The van der Waals surface area contributed by atoms with E-state index in [1.807, 2.05) is 44.0 Å². The van der Waals surface area contributed by atoms with Crippen LogP contribution < -0.4 is 10.6 Å². The molecule has 5 nitrogen and oxygen atoms in total. The van der Waals surface area contributed by atoms with E-state index in [0.717, 1.165) is 11.3 Å². The Labute approximate surface area is 101 Å². The first kappa shape index (κ1) is 13.3. The number of rotatable bonds is 4. The summed E-state index contributed by atoms with van der Waals surface area (Å²) in [6, 6.07) is 5.66. The van der Waals surface area contributed by atoms with Crippen LogP contribution in [0.2, 0.25) is 0 Å². The second-order valence-corrected chi connectivity index (χ2v) is 4.15. The Morgan fingerprint density at radius 3 is 2.71 bits per heavy atom. The van der Waals surface area contributed by atoms with E-state index in [1.54, 1.807) is 0 Å². The third kappa shape index (κ3) is 2.88. The number of amidine groups is 1. The number of nitrogens with two attached hydrogens (primary N) is 1. The molecule has 0 amide bonds.